The van der Waals surface area contributed by atoms with E-state index >= 15 is 0 Å². The summed E-state index contributed by atoms with van der Waals surface area (Å²) >= 11 is 0. The highest BCUT2D eigenvalue weighted by molar-refractivity contribution is 5.77. The maximum atomic E-state index is 11.8. The number of methoxy groups -OCH3 is 2. The van der Waals surface area contributed by atoms with Crippen LogP contribution in [0.1, 0.15) is 11.1 Å². The first-order chi connectivity index (χ1) is 11.7. The minimum absolute atomic E-state index is 0.0458. The van der Waals surface area contributed by atoms with Gasteiger partial charge in [-0.25, -0.2) is 0 Å². The molecule has 0 saturated carbocycles. The fraction of sp³-hybridized carbons (Fsp3) is 0.316. The average molecular weight is 329 g/mol. The molecule has 0 aliphatic rings. The third-order valence-corrected chi connectivity index (χ3v) is 3.55. The van der Waals surface area contributed by atoms with Crippen LogP contribution >= 0.6 is 0 Å². The Morgan fingerprint density at radius 3 is 2.54 bits per heavy atom. The predicted octanol–water partition coefficient (Wildman–Crippen LogP) is 2.58. The van der Waals surface area contributed by atoms with E-state index in [0.29, 0.717) is 19.6 Å². The zero-order chi connectivity index (χ0) is 17.2. The van der Waals surface area contributed by atoms with Crippen LogP contribution in [-0.4, -0.2) is 33.3 Å². The lowest BCUT2D eigenvalue weighted by atomic mass is 10.1. The van der Waals surface area contributed by atoms with Gasteiger partial charge < -0.3 is 19.5 Å². The van der Waals surface area contributed by atoms with Gasteiger partial charge in [0, 0.05) is 6.54 Å². The maximum Gasteiger partial charge on any atom is 0.246 e. The SMILES string of the molecule is COc1ccc(OC)c(CCNC(=O)COCc2ccccc2)c1. The van der Waals surface area contributed by atoms with Crippen molar-refractivity contribution in [2.24, 2.45) is 0 Å². The molecule has 2 aromatic rings. The molecule has 2 aromatic carbocycles. The number of carbonyl (C=O) groups is 1. The molecule has 0 aromatic heterocycles. The lowest BCUT2D eigenvalue weighted by Gasteiger charge is -2.11. The van der Waals surface area contributed by atoms with Crippen LogP contribution in [-0.2, 0) is 22.6 Å². The van der Waals surface area contributed by atoms with E-state index in [2.05, 4.69) is 5.32 Å². The van der Waals surface area contributed by atoms with Crippen molar-refractivity contribution in [2.75, 3.05) is 27.4 Å². The third kappa shape index (κ3) is 5.59. The second kappa shape index (κ2) is 9.57. The van der Waals surface area contributed by atoms with E-state index in [1.165, 1.54) is 0 Å². The van der Waals surface area contributed by atoms with Crippen LogP contribution in [0.2, 0.25) is 0 Å². The number of hydrogen-bond donors (Lipinski definition) is 1. The van der Waals surface area contributed by atoms with Crippen molar-refractivity contribution in [3.63, 3.8) is 0 Å². The average Bonchev–Trinajstić information content (AvgIpc) is 2.62. The molecule has 24 heavy (non-hydrogen) atoms. The first kappa shape index (κ1) is 17.8. The Kier molecular flexibility index (Phi) is 7.11. The quantitative estimate of drug-likeness (QED) is 0.768. The molecule has 0 bridgehead atoms. The Morgan fingerprint density at radius 2 is 1.83 bits per heavy atom. The largest absolute Gasteiger partial charge is 0.497 e. The normalized spacial score (nSPS) is 10.2. The number of hydrogen-bond acceptors (Lipinski definition) is 4. The first-order valence-electron chi connectivity index (χ1n) is 7.82. The molecule has 0 saturated heterocycles. The Bertz CT molecular complexity index is 643. The van der Waals surface area contributed by atoms with Gasteiger partial charge in [0.05, 0.1) is 20.8 Å². The standard InChI is InChI=1S/C19H23NO4/c1-22-17-8-9-18(23-2)16(12-17)10-11-20-19(21)14-24-13-15-6-4-3-5-7-15/h3-9,12H,10-11,13-14H2,1-2H3,(H,20,21). The molecular weight excluding hydrogens is 306 g/mol. The fourth-order valence-electron chi connectivity index (χ4n) is 2.30. The highest BCUT2D eigenvalue weighted by Crippen LogP contribution is 2.24. The number of nitrogens with one attached hydrogen (secondary N) is 1. The second-order valence-corrected chi connectivity index (χ2v) is 5.26. The van der Waals surface area contributed by atoms with Gasteiger partial charge in [-0.1, -0.05) is 30.3 Å². The van der Waals surface area contributed by atoms with Gasteiger partial charge in [-0.05, 0) is 35.7 Å². The van der Waals surface area contributed by atoms with Crippen molar-refractivity contribution >= 4 is 5.91 Å². The van der Waals surface area contributed by atoms with E-state index in [4.69, 9.17) is 14.2 Å². The van der Waals surface area contributed by atoms with Crippen LogP contribution in [0.15, 0.2) is 48.5 Å². The molecule has 5 nitrogen and oxygen atoms in total. The van der Waals surface area contributed by atoms with E-state index < -0.39 is 0 Å². The van der Waals surface area contributed by atoms with Gasteiger partial charge >= 0.3 is 0 Å². The summed E-state index contributed by atoms with van der Waals surface area (Å²) in [5.74, 6) is 1.42. The van der Waals surface area contributed by atoms with Crippen molar-refractivity contribution in [3.8, 4) is 11.5 Å². The van der Waals surface area contributed by atoms with Gasteiger partial charge in [0.1, 0.15) is 18.1 Å². The van der Waals surface area contributed by atoms with E-state index in [9.17, 15) is 4.79 Å². The predicted molar refractivity (Wildman–Crippen MR) is 92.4 cm³/mol. The van der Waals surface area contributed by atoms with Crippen molar-refractivity contribution < 1.29 is 19.0 Å². The summed E-state index contributed by atoms with van der Waals surface area (Å²) in [5, 5.41) is 2.85. The van der Waals surface area contributed by atoms with Crippen LogP contribution in [0.5, 0.6) is 11.5 Å². The van der Waals surface area contributed by atoms with Gasteiger partial charge in [0.25, 0.3) is 0 Å². The fourth-order valence-corrected chi connectivity index (χ4v) is 2.30. The van der Waals surface area contributed by atoms with Crippen LogP contribution < -0.4 is 14.8 Å². The Balaban J connectivity index is 1.72. The van der Waals surface area contributed by atoms with E-state index in [0.717, 1.165) is 22.6 Å². The maximum absolute atomic E-state index is 11.8. The van der Waals surface area contributed by atoms with Gasteiger partial charge in [0.15, 0.2) is 0 Å². The highest BCUT2D eigenvalue weighted by Gasteiger charge is 2.06. The van der Waals surface area contributed by atoms with Crippen LogP contribution in [0.4, 0.5) is 0 Å². The molecule has 0 fully saturated rings. The zero-order valence-corrected chi connectivity index (χ0v) is 14.1. The highest BCUT2D eigenvalue weighted by atomic mass is 16.5. The summed E-state index contributed by atoms with van der Waals surface area (Å²) in [6.07, 6.45) is 0.658. The first-order valence-corrected chi connectivity index (χ1v) is 7.82. The molecular formula is C19H23NO4. The molecule has 1 N–H and O–H groups in total. The minimum atomic E-state index is -0.132. The summed E-state index contributed by atoms with van der Waals surface area (Å²) in [5.41, 5.74) is 2.04. The van der Waals surface area contributed by atoms with E-state index in [1.54, 1.807) is 14.2 Å². The lowest BCUT2D eigenvalue weighted by Crippen LogP contribution is -2.29. The van der Waals surface area contributed by atoms with Gasteiger partial charge in [0.2, 0.25) is 5.91 Å². The van der Waals surface area contributed by atoms with Crippen molar-refractivity contribution in [3.05, 3.63) is 59.7 Å². The van der Waals surface area contributed by atoms with Gasteiger partial charge in [-0.15, -0.1) is 0 Å². The van der Waals surface area contributed by atoms with Crippen molar-refractivity contribution in [2.45, 2.75) is 13.0 Å². The molecule has 0 radical (unpaired) electrons. The lowest BCUT2D eigenvalue weighted by molar-refractivity contribution is -0.126. The van der Waals surface area contributed by atoms with Crippen molar-refractivity contribution in [1.82, 2.24) is 5.32 Å². The van der Waals surface area contributed by atoms with E-state index in [1.807, 2.05) is 48.5 Å². The topological polar surface area (TPSA) is 56.8 Å². The van der Waals surface area contributed by atoms with Crippen molar-refractivity contribution in [1.29, 1.82) is 0 Å². The molecule has 5 heteroatoms. The van der Waals surface area contributed by atoms with Crippen LogP contribution in [0.3, 0.4) is 0 Å². The zero-order valence-electron chi connectivity index (χ0n) is 14.1. The van der Waals surface area contributed by atoms with Crippen LogP contribution in [0, 0.1) is 0 Å². The number of benzene rings is 2. The summed E-state index contributed by atoms with van der Waals surface area (Å²) in [6, 6.07) is 15.4. The van der Waals surface area contributed by atoms with Crippen LogP contribution in [0.25, 0.3) is 0 Å². The number of carbonyl (C=O) groups excluding carboxylic acids is 1. The van der Waals surface area contributed by atoms with Gasteiger partial charge in [-0.2, -0.15) is 0 Å². The molecule has 0 unspecified atom stereocenters. The summed E-state index contributed by atoms with van der Waals surface area (Å²) in [6.45, 7) is 0.985. The molecule has 2 rings (SSSR count). The van der Waals surface area contributed by atoms with E-state index in [-0.39, 0.29) is 12.5 Å². The minimum Gasteiger partial charge on any atom is -0.497 e. The third-order valence-electron chi connectivity index (χ3n) is 3.55. The molecule has 128 valence electrons. The molecule has 0 heterocycles. The van der Waals surface area contributed by atoms with Gasteiger partial charge in [-0.3, -0.25) is 4.79 Å². The molecule has 0 spiro atoms. The number of amides is 1. The Morgan fingerprint density at radius 1 is 1.04 bits per heavy atom. The molecule has 1 amide bonds. The smallest absolute Gasteiger partial charge is 0.246 e. The Labute approximate surface area is 142 Å². The number of rotatable bonds is 9. The second-order valence-electron chi connectivity index (χ2n) is 5.26. The molecule has 0 aliphatic carbocycles. The summed E-state index contributed by atoms with van der Waals surface area (Å²) in [7, 11) is 3.25. The Hall–Kier alpha value is -2.53. The molecule has 0 aliphatic heterocycles. The number of ether oxygens (including phenoxy) is 3. The summed E-state index contributed by atoms with van der Waals surface area (Å²) < 4.78 is 15.9. The monoisotopic (exact) mass is 329 g/mol. The molecule has 0 atom stereocenters. The summed E-state index contributed by atoms with van der Waals surface area (Å²) in [4.78, 5) is 11.8.